The van der Waals surface area contributed by atoms with Gasteiger partial charge in [-0.15, -0.1) is 40.6 Å². The molecule has 0 aliphatic heterocycles. The van der Waals surface area contributed by atoms with Crippen molar-refractivity contribution in [2.45, 2.75) is 19.8 Å². The fourth-order valence-electron chi connectivity index (χ4n) is 1.70. The van der Waals surface area contributed by atoms with Gasteiger partial charge in [-0.2, -0.15) is 6.07 Å². The van der Waals surface area contributed by atoms with E-state index in [0.29, 0.717) is 0 Å². The molecule has 0 N–H and O–H groups in total. The predicted octanol–water partition coefficient (Wildman–Crippen LogP) is 5.28. The van der Waals surface area contributed by atoms with E-state index < -0.39 is 0 Å². The van der Waals surface area contributed by atoms with Gasteiger partial charge in [-0.1, -0.05) is 25.8 Å². The van der Waals surface area contributed by atoms with Crippen molar-refractivity contribution in [1.82, 2.24) is 0 Å². The van der Waals surface area contributed by atoms with Crippen LogP contribution in [-0.4, -0.2) is 0 Å². The monoisotopic (exact) mass is 501 g/mol. The Morgan fingerprint density at radius 1 is 1.20 bits per heavy atom. The minimum atomic E-state index is 0.170. The topological polar surface area (TPSA) is 0 Å². The second-order valence-electron chi connectivity index (χ2n) is 3.27. The van der Waals surface area contributed by atoms with E-state index in [4.69, 9.17) is 0 Å². The summed E-state index contributed by atoms with van der Waals surface area (Å²) in [6.45, 7) is 2.22. The van der Waals surface area contributed by atoms with E-state index in [0.717, 1.165) is 0 Å². The zero-order valence-corrected chi connectivity index (χ0v) is 15.4. The minimum absolute atomic E-state index is 0.170. The van der Waals surface area contributed by atoms with Crippen LogP contribution < -0.4 is 0 Å². The van der Waals surface area contributed by atoms with Crippen molar-refractivity contribution in [3.63, 3.8) is 0 Å². The summed E-state index contributed by atoms with van der Waals surface area (Å²) in [5.41, 5.74) is 1.49. The molecule has 0 aromatic heterocycles. The van der Waals surface area contributed by atoms with Crippen molar-refractivity contribution in [2.75, 3.05) is 0 Å². The van der Waals surface area contributed by atoms with Crippen molar-refractivity contribution in [2.24, 2.45) is 0 Å². The third-order valence-corrected chi connectivity index (χ3v) is 2.29. The molecule has 0 aliphatic rings. The van der Waals surface area contributed by atoms with Crippen LogP contribution in [0.15, 0.2) is 36.4 Å². The SMILES string of the molecule is CCC[c-]1ccc2ccccc21.[I][Zr][I]. The number of fused-ring (bicyclic) bond motifs is 1. The Labute approximate surface area is 122 Å². The van der Waals surface area contributed by atoms with Crippen molar-refractivity contribution in [3.8, 4) is 0 Å². The van der Waals surface area contributed by atoms with Crippen LogP contribution in [0.1, 0.15) is 18.9 Å². The van der Waals surface area contributed by atoms with E-state index in [1.807, 2.05) is 0 Å². The van der Waals surface area contributed by atoms with Gasteiger partial charge >= 0.3 is 50.9 Å². The van der Waals surface area contributed by atoms with Crippen LogP contribution in [0.4, 0.5) is 0 Å². The molecule has 0 atom stereocenters. The normalized spacial score (nSPS) is 9.53. The summed E-state index contributed by atoms with van der Waals surface area (Å²) in [5.74, 6) is 0. The predicted molar refractivity (Wildman–Crippen MR) is 81.6 cm³/mol. The molecule has 0 heterocycles. The van der Waals surface area contributed by atoms with Crippen molar-refractivity contribution < 1.29 is 14.9 Å². The Hall–Kier alpha value is 1.17. The fourth-order valence-corrected chi connectivity index (χ4v) is 1.70. The van der Waals surface area contributed by atoms with Gasteiger partial charge in [0, 0.05) is 0 Å². The molecule has 0 nitrogen and oxygen atoms in total. The van der Waals surface area contributed by atoms with Crippen molar-refractivity contribution >= 4 is 46.9 Å². The zero-order chi connectivity index (χ0) is 11.1. The van der Waals surface area contributed by atoms with Gasteiger partial charge < -0.3 is 0 Å². The molecule has 15 heavy (non-hydrogen) atoms. The van der Waals surface area contributed by atoms with Crippen LogP contribution in [0.2, 0.25) is 0 Å². The number of halogens is 2. The quantitative estimate of drug-likeness (QED) is 0.388. The Morgan fingerprint density at radius 3 is 2.53 bits per heavy atom. The van der Waals surface area contributed by atoms with Gasteiger partial charge in [0.25, 0.3) is 0 Å². The summed E-state index contributed by atoms with van der Waals surface area (Å²) in [6.07, 6.45) is 2.43. The first kappa shape index (κ1) is 14.2. The number of hydrogen-bond donors (Lipinski definition) is 0. The molecule has 0 saturated heterocycles. The second-order valence-corrected chi connectivity index (χ2v) is 22.2. The first-order valence-electron chi connectivity index (χ1n) is 4.93. The second kappa shape index (κ2) is 8.29. The van der Waals surface area contributed by atoms with Crippen molar-refractivity contribution in [3.05, 3.63) is 42.0 Å². The molecule has 0 saturated carbocycles. The summed E-state index contributed by atoms with van der Waals surface area (Å²) in [6, 6.07) is 13.0. The summed E-state index contributed by atoms with van der Waals surface area (Å²) in [7, 11) is 0. The van der Waals surface area contributed by atoms with Gasteiger partial charge in [0.15, 0.2) is 0 Å². The van der Waals surface area contributed by atoms with Gasteiger partial charge in [0.2, 0.25) is 0 Å². The average molecular weight is 502 g/mol. The van der Waals surface area contributed by atoms with E-state index >= 15 is 0 Å². The zero-order valence-electron chi connectivity index (χ0n) is 8.63. The molecule has 2 aromatic carbocycles. The first-order chi connectivity index (χ1) is 7.33. The maximum absolute atomic E-state index is 2.45. The fraction of sp³-hybridized carbons (Fsp3) is 0.250. The van der Waals surface area contributed by atoms with E-state index in [2.05, 4.69) is 79.4 Å². The van der Waals surface area contributed by atoms with Gasteiger partial charge in [-0.05, 0) is 0 Å². The van der Waals surface area contributed by atoms with Crippen molar-refractivity contribution in [1.29, 1.82) is 0 Å². The molecule has 0 amide bonds. The third-order valence-electron chi connectivity index (χ3n) is 2.29. The number of hydrogen-bond acceptors (Lipinski definition) is 0. The van der Waals surface area contributed by atoms with E-state index in [-0.39, 0.29) is 14.9 Å². The standard InChI is InChI=1S/C12H13.2HI.Zr/c1-2-5-10-8-9-11-6-3-4-7-12(10)11;;;/h3-4,6-9H,2,5H2,1H3;2*1H;/q-1;;;+2/p-2. The summed E-state index contributed by atoms with van der Waals surface area (Å²) < 4.78 is 0. The molecule has 0 fully saturated rings. The average Bonchev–Trinajstić information content (AvgIpc) is 2.64. The molecule has 2 rings (SSSR count). The van der Waals surface area contributed by atoms with E-state index in [9.17, 15) is 0 Å². The summed E-state index contributed by atoms with van der Waals surface area (Å²) >= 11 is 5.06. The molecule has 80 valence electrons. The molecule has 3 heteroatoms. The number of benzene rings is 1. The maximum atomic E-state index is 2.45. The van der Waals surface area contributed by atoms with Gasteiger partial charge in [-0.25, -0.2) is 0 Å². The third kappa shape index (κ3) is 4.51. The molecular formula is C12H13I2Zr-. The molecule has 0 bridgehead atoms. The molecule has 0 aliphatic carbocycles. The Balaban J connectivity index is 0.000000337. The van der Waals surface area contributed by atoms with Gasteiger partial charge in [0.05, 0.1) is 0 Å². The molecule has 0 radical (unpaired) electrons. The molecule has 0 spiro atoms. The number of rotatable bonds is 2. The summed E-state index contributed by atoms with van der Waals surface area (Å²) in [4.78, 5) is 0. The van der Waals surface area contributed by atoms with Crippen LogP contribution in [0.5, 0.6) is 0 Å². The molecule has 2 aromatic rings. The van der Waals surface area contributed by atoms with Crippen LogP contribution in [0, 0.1) is 0 Å². The Bertz CT molecular complexity index is 395. The first-order valence-corrected chi connectivity index (χ1v) is 19.5. The van der Waals surface area contributed by atoms with Crippen LogP contribution in [-0.2, 0) is 21.3 Å². The number of aryl methyl sites for hydroxylation is 1. The van der Waals surface area contributed by atoms with E-state index in [1.54, 1.807) is 0 Å². The Kier molecular flexibility index (Phi) is 7.87. The molecule has 0 unspecified atom stereocenters. The van der Waals surface area contributed by atoms with Crippen LogP contribution in [0.3, 0.4) is 0 Å². The van der Waals surface area contributed by atoms with Crippen LogP contribution >= 0.6 is 36.1 Å². The Morgan fingerprint density at radius 2 is 1.87 bits per heavy atom. The summed E-state index contributed by atoms with van der Waals surface area (Å²) in [5, 5.41) is 2.81. The van der Waals surface area contributed by atoms with Gasteiger partial charge in [-0.3, -0.25) is 0 Å². The molecular weight excluding hydrogens is 489 g/mol. The van der Waals surface area contributed by atoms with Crippen LogP contribution in [0.25, 0.3) is 10.8 Å². The van der Waals surface area contributed by atoms with E-state index in [1.165, 1.54) is 29.2 Å². The van der Waals surface area contributed by atoms with Gasteiger partial charge in [0.1, 0.15) is 0 Å².